The van der Waals surface area contributed by atoms with E-state index in [4.69, 9.17) is 0 Å². The summed E-state index contributed by atoms with van der Waals surface area (Å²) in [5.74, 6) is 0.141. The molecule has 3 saturated heterocycles. The molecule has 25 heavy (non-hydrogen) atoms. The average Bonchev–Trinajstić information content (AvgIpc) is 3.04. The van der Waals surface area contributed by atoms with Gasteiger partial charge in [-0.25, -0.2) is 4.79 Å². The SMILES string of the molecule is CC1(C)NC(=O)N(CCCN2CCCCC2CN2CCCC2=O)C1=O. The molecule has 0 aliphatic carbocycles. The molecule has 3 aliphatic rings. The van der Waals surface area contributed by atoms with E-state index in [0.717, 1.165) is 45.4 Å². The second-order valence-corrected chi connectivity index (χ2v) is 7.99. The Morgan fingerprint density at radius 2 is 1.88 bits per heavy atom. The van der Waals surface area contributed by atoms with Crippen LogP contribution in [0, 0.1) is 0 Å². The molecule has 3 aliphatic heterocycles. The summed E-state index contributed by atoms with van der Waals surface area (Å²) in [5, 5.41) is 2.72. The molecule has 4 amide bonds. The lowest BCUT2D eigenvalue weighted by molar-refractivity contribution is -0.130. The first-order valence-electron chi connectivity index (χ1n) is 9.54. The van der Waals surface area contributed by atoms with Gasteiger partial charge in [-0.2, -0.15) is 0 Å². The number of nitrogens with one attached hydrogen (secondary N) is 1. The molecule has 140 valence electrons. The Labute approximate surface area is 149 Å². The maximum Gasteiger partial charge on any atom is 0.325 e. The van der Waals surface area contributed by atoms with Crippen molar-refractivity contribution in [2.75, 3.05) is 32.7 Å². The van der Waals surface area contributed by atoms with Gasteiger partial charge in [-0.15, -0.1) is 0 Å². The van der Waals surface area contributed by atoms with Crippen LogP contribution in [0.25, 0.3) is 0 Å². The number of urea groups is 1. The monoisotopic (exact) mass is 350 g/mol. The van der Waals surface area contributed by atoms with E-state index in [2.05, 4.69) is 10.2 Å². The Kier molecular flexibility index (Phi) is 5.32. The van der Waals surface area contributed by atoms with Crippen LogP contribution in [0.15, 0.2) is 0 Å². The van der Waals surface area contributed by atoms with Gasteiger partial charge in [0.05, 0.1) is 0 Å². The Morgan fingerprint density at radius 3 is 2.52 bits per heavy atom. The Hall–Kier alpha value is -1.63. The summed E-state index contributed by atoms with van der Waals surface area (Å²) < 4.78 is 0. The smallest absolute Gasteiger partial charge is 0.325 e. The molecule has 0 aromatic rings. The lowest BCUT2D eigenvalue weighted by atomic mass is 10.0. The number of imide groups is 1. The summed E-state index contributed by atoms with van der Waals surface area (Å²) in [6.45, 7) is 7.56. The van der Waals surface area contributed by atoms with Crippen LogP contribution in [-0.2, 0) is 9.59 Å². The van der Waals surface area contributed by atoms with Crippen LogP contribution in [0.4, 0.5) is 4.79 Å². The van der Waals surface area contributed by atoms with E-state index in [1.54, 1.807) is 13.8 Å². The molecular formula is C18H30N4O3. The minimum atomic E-state index is -0.791. The van der Waals surface area contributed by atoms with Gasteiger partial charge in [0.2, 0.25) is 5.91 Å². The fraction of sp³-hybridized carbons (Fsp3) is 0.833. The van der Waals surface area contributed by atoms with Gasteiger partial charge in [0.15, 0.2) is 0 Å². The summed E-state index contributed by atoms with van der Waals surface area (Å²) in [7, 11) is 0. The third kappa shape index (κ3) is 3.97. The van der Waals surface area contributed by atoms with Crippen LogP contribution in [0.1, 0.15) is 52.4 Å². The molecule has 0 spiro atoms. The summed E-state index contributed by atoms with van der Waals surface area (Å²) in [6.07, 6.45) is 5.97. The predicted molar refractivity (Wildman–Crippen MR) is 94.0 cm³/mol. The number of hydrogen-bond donors (Lipinski definition) is 1. The molecule has 3 fully saturated rings. The number of likely N-dealkylation sites (tertiary alicyclic amines) is 2. The van der Waals surface area contributed by atoms with E-state index in [1.807, 2.05) is 4.90 Å². The summed E-state index contributed by atoms with van der Waals surface area (Å²) in [5.41, 5.74) is -0.791. The first-order chi connectivity index (χ1) is 11.9. The third-order valence-corrected chi connectivity index (χ3v) is 5.62. The Morgan fingerprint density at radius 1 is 1.08 bits per heavy atom. The van der Waals surface area contributed by atoms with Gasteiger partial charge in [-0.3, -0.25) is 19.4 Å². The normalized spacial score (nSPS) is 27.3. The van der Waals surface area contributed by atoms with Crippen molar-refractivity contribution in [2.45, 2.75) is 64.0 Å². The Bertz CT molecular complexity index is 548. The van der Waals surface area contributed by atoms with Gasteiger partial charge >= 0.3 is 6.03 Å². The number of amides is 4. The average molecular weight is 350 g/mol. The first kappa shape index (κ1) is 18.2. The molecule has 1 atom stereocenters. The molecule has 0 bridgehead atoms. The van der Waals surface area contributed by atoms with Gasteiger partial charge in [0, 0.05) is 38.6 Å². The molecule has 3 rings (SSSR count). The van der Waals surface area contributed by atoms with Crippen LogP contribution in [0.5, 0.6) is 0 Å². The van der Waals surface area contributed by atoms with Crippen molar-refractivity contribution in [1.82, 2.24) is 20.0 Å². The molecule has 1 unspecified atom stereocenters. The molecule has 0 aromatic carbocycles. The van der Waals surface area contributed by atoms with Crippen molar-refractivity contribution < 1.29 is 14.4 Å². The van der Waals surface area contributed by atoms with Crippen molar-refractivity contribution in [1.29, 1.82) is 0 Å². The van der Waals surface area contributed by atoms with E-state index in [9.17, 15) is 14.4 Å². The topological polar surface area (TPSA) is 73.0 Å². The van der Waals surface area contributed by atoms with Crippen molar-refractivity contribution in [3.63, 3.8) is 0 Å². The molecule has 1 N–H and O–H groups in total. The van der Waals surface area contributed by atoms with E-state index in [1.165, 1.54) is 17.7 Å². The third-order valence-electron chi connectivity index (χ3n) is 5.62. The van der Waals surface area contributed by atoms with Crippen LogP contribution in [0.3, 0.4) is 0 Å². The second kappa shape index (κ2) is 7.32. The van der Waals surface area contributed by atoms with E-state index in [-0.39, 0.29) is 17.8 Å². The van der Waals surface area contributed by atoms with Crippen LogP contribution in [0.2, 0.25) is 0 Å². The zero-order chi connectivity index (χ0) is 18.0. The minimum absolute atomic E-state index is 0.143. The largest absolute Gasteiger partial charge is 0.341 e. The number of piperidine rings is 1. The minimum Gasteiger partial charge on any atom is -0.341 e. The van der Waals surface area contributed by atoms with Crippen molar-refractivity contribution in [2.24, 2.45) is 0 Å². The maximum atomic E-state index is 12.2. The fourth-order valence-corrected chi connectivity index (χ4v) is 4.17. The van der Waals surface area contributed by atoms with Gasteiger partial charge in [-0.1, -0.05) is 6.42 Å². The van der Waals surface area contributed by atoms with E-state index < -0.39 is 5.54 Å². The predicted octanol–water partition coefficient (Wildman–Crippen LogP) is 1.18. The highest BCUT2D eigenvalue weighted by atomic mass is 16.2. The number of hydrogen-bond acceptors (Lipinski definition) is 4. The summed E-state index contributed by atoms with van der Waals surface area (Å²) >= 11 is 0. The molecule has 3 heterocycles. The van der Waals surface area contributed by atoms with Crippen LogP contribution in [-0.4, -0.2) is 76.8 Å². The first-order valence-corrected chi connectivity index (χ1v) is 9.54. The van der Waals surface area contributed by atoms with Crippen LogP contribution < -0.4 is 5.32 Å². The molecule has 7 nitrogen and oxygen atoms in total. The highest BCUT2D eigenvalue weighted by Crippen LogP contribution is 2.21. The van der Waals surface area contributed by atoms with Gasteiger partial charge in [0.1, 0.15) is 5.54 Å². The highest BCUT2D eigenvalue weighted by Gasteiger charge is 2.43. The molecule has 0 aromatic heterocycles. The quantitative estimate of drug-likeness (QED) is 0.730. The number of carbonyl (C=O) groups excluding carboxylic acids is 3. The van der Waals surface area contributed by atoms with Crippen molar-refractivity contribution in [3.05, 3.63) is 0 Å². The van der Waals surface area contributed by atoms with Crippen molar-refractivity contribution >= 4 is 17.8 Å². The van der Waals surface area contributed by atoms with Gasteiger partial charge in [0.25, 0.3) is 5.91 Å². The maximum absolute atomic E-state index is 12.2. The number of nitrogens with zero attached hydrogens (tertiary/aromatic N) is 3. The molecular weight excluding hydrogens is 320 g/mol. The van der Waals surface area contributed by atoms with Gasteiger partial charge in [-0.05, 0) is 46.1 Å². The van der Waals surface area contributed by atoms with Gasteiger partial charge < -0.3 is 10.2 Å². The summed E-state index contributed by atoms with van der Waals surface area (Å²) in [6, 6.07) is 0.128. The fourth-order valence-electron chi connectivity index (χ4n) is 4.17. The van der Waals surface area contributed by atoms with Crippen LogP contribution >= 0.6 is 0 Å². The van der Waals surface area contributed by atoms with Crippen molar-refractivity contribution in [3.8, 4) is 0 Å². The van der Waals surface area contributed by atoms with E-state index in [0.29, 0.717) is 19.0 Å². The zero-order valence-electron chi connectivity index (χ0n) is 15.4. The van der Waals surface area contributed by atoms with E-state index >= 15 is 0 Å². The zero-order valence-corrected chi connectivity index (χ0v) is 15.4. The Balaban J connectivity index is 1.50. The number of rotatable bonds is 6. The standard InChI is InChI=1S/C18H30N4O3/c1-18(2)16(24)22(17(25)19-18)12-6-11-20-9-4-3-7-14(20)13-21-10-5-8-15(21)23/h14H,3-13H2,1-2H3,(H,19,25). The molecule has 0 radical (unpaired) electrons. The lowest BCUT2D eigenvalue weighted by Crippen LogP contribution is -2.48. The molecule has 0 saturated carbocycles. The molecule has 7 heteroatoms. The second-order valence-electron chi connectivity index (χ2n) is 7.99. The number of carbonyl (C=O) groups is 3. The lowest BCUT2D eigenvalue weighted by Gasteiger charge is -2.38. The highest BCUT2D eigenvalue weighted by molar-refractivity contribution is 6.06. The summed E-state index contributed by atoms with van der Waals surface area (Å²) in [4.78, 5) is 41.9.